The third kappa shape index (κ3) is 7.23. The van der Waals surface area contributed by atoms with Gasteiger partial charge in [0.2, 0.25) is 0 Å². The van der Waals surface area contributed by atoms with Crippen molar-refractivity contribution in [3.05, 3.63) is 0 Å². The third-order valence-corrected chi connectivity index (χ3v) is 2.08. The maximum atomic E-state index is 10.4. The highest BCUT2D eigenvalue weighted by Crippen LogP contribution is 2.15. The van der Waals surface area contributed by atoms with Gasteiger partial charge in [-0.25, -0.2) is 9.78 Å². The summed E-state index contributed by atoms with van der Waals surface area (Å²) in [7, 11) is 0. The van der Waals surface area contributed by atoms with E-state index in [1.165, 1.54) is 0 Å². The van der Waals surface area contributed by atoms with E-state index in [0.29, 0.717) is 6.42 Å². The molecular weight excluding hydrogens is 206 g/mol. The summed E-state index contributed by atoms with van der Waals surface area (Å²) in [5, 5.41) is 25.1. The van der Waals surface area contributed by atoms with Gasteiger partial charge in [-0.2, -0.15) is 0 Å². The smallest absolute Gasteiger partial charge is 0.303 e. The van der Waals surface area contributed by atoms with Gasteiger partial charge in [0, 0.05) is 12.3 Å². The van der Waals surface area contributed by atoms with Crippen LogP contribution in [-0.4, -0.2) is 41.3 Å². The Kier molecular flexibility index (Phi) is 8.15. The summed E-state index contributed by atoms with van der Waals surface area (Å²) in [5.74, 6) is -1.44. The minimum Gasteiger partial charge on any atom is -0.481 e. The molecule has 0 aromatic rings. The normalized spacial score (nSPS) is 13.1. The van der Waals surface area contributed by atoms with Crippen LogP contribution in [0.2, 0.25) is 0 Å². The first kappa shape index (κ1) is 14.3. The van der Waals surface area contributed by atoms with Crippen LogP contribution in [0, 0.1) is 11.8 Å². The molecule has 0 radical (unpaired) electrons. The Morgan fingerprint density at radius 2 is 1.73 bits per heavy atom. The van der Waals surface area contributed by atoms with Gasteiger partial charge >= 0.3 is 5.97 Å². The van der Waals surface area contributed by atoms with E-state index in [0.717, 1.165) is 0 Å². The quantitative estimate of drug-likeness (QED) is 0.321. The summed E-state index contributed by atoms with van der Waals surface area (Å²) in [6.07, 6.45) is 0.355. The first-order valence-electron chi connectivity index (χ1n) is 4.58. The maximum Gasteiger partial charge on any atom is 0.303 e. The molecule has 0 spiro atoms. The molecule has 5 N–H and O–H groups in total. The Balaban J connectivity index is 4.02. The number of rotatable bonds is 9. The van der Waals surface area contributed by atoms with Crippen LogP contribution in [0.25, 0.3) is 0 Å². The first-order chi connectivity index (χ1) is 7.13. The molecule has 0 amide bonds. The number of carboxylic acids is 1. The van der Waals surface area contributed by atoms with Crippen molar-refractivity contribution in [1.82, 2.24) is 0 Å². The van der Waals surface area contributed by atoms with Crippen molar-refractivity contribution in [2.45, 2.75) is 12.8 Å². The van der Waals surface area contributed by atoms with Gasteiger partial charge in [0.1, 0.15) is 0 Å². The Hall–Kier alpha value is -0.730. The maximum absolute atomic E-state index is 10.4. The molecule has 7 heteroatoms. The molecule has 0 aliphatic rings. The lowest BCUT2D eigenvalue weighted by Gasteiger charge is -2.18. The van der Waals surface area contributed by atoms with Gasteiger partial charge in [-0.05, 0) is 18.9 Å². The average Bonchev–Trinajstić information content (AvgIpc) is 2.16. The summed E-state index contributed by atoms with van der Waals surface area (Å²) in [4.78, 5) is 18.3. The second-order valence-corrected chi connectivity index (χ2v) is 3.39. The standard InChI is InChI=1S/C8H17NO6/c9-3-6(2-8(10)11)1-7(4-14-12)5-15-13/h6-7,12-13H,1-5,9H2,(H,10,11). The molecule has 15 heavy (non-hydrogen) atoms. The molecule has 0 aromatic carbocycles. The molecule has 0 aliphatic heterocycles. The first-order valence-corrected chi connectivity index (χ1v) is 4.58. The van der Waals surface area contributed by atoms with Gasteiger partial charge in [-0.3, -0.25) is 15.3 Å². The van der Waals surface area contributed by atoms with Gasteiger partial charge in [0.15, 0.2) is 0 Å². The summed E-state index contributed by atoms with van der Waals surface area (Å²) in [6.45, 7) is 0.160. The van der Waals surface area contributed by atoms with E-state index in [-0.39, 0.29) is 38.0 Å². The molecule has 0 saturated carbocycles. The molecule has 0 aliphatic carbocycles. The Morgan fingerprint density at radius 3 is 2.07 bits per heavy atom. The molecule has 0 aromatic heterocycles. The van der Waals surface area contributed by atoms with E-state index in [1.807, 2.05) is 0 Å². The molecule has 0 saturated heterocycles. The predicted molar refractivity (Wildman–Crippen MR) is 50.1 cm³/mol. The molecule has 90 valence electrons. The van der Waals surface area contributed by atoms with Crippen LogP contribution in [0.5, 0.6) is 0 Å². The lowest BCUT2D eigenvalue weighted by Crippen LogP contribution is -2.25. The van der Waals surface area contributed by atoms with Gasteiger partial charge < -0.3 is 10.8 Å². The summed E-state index contributed by atoms with van der Waals surface area (Å²) < 4.78 is 0. The van der Waals surface area contributed by atoms with E-state index in [9.17, 15) is 4.79 Å². The minimum absolute atomic E-state index is 0.0311. The zero-order valence-corrected chi connectivity index (χ0v) is 8.33. The molecule has 0 fully saturated rings. The average molecular weight is 223 g/mol. The van der Waals surface area contributed by atoms with Crippen molar-refractivity contribution in [1.29, 1.82) is 0 Å². The van der Waals surface area contributed by atoms with E-state index >= 15 is 0 Å². The van der Waals surface area contributed by atoms with Crippen LogP contribution < -0.4 is 5.73 Å². The summed E-state index contributed by atoms with van der Waals surface area (Å²) in [6, 6.07) is 0. The van der Waals surface area contributed by atoms with Crippen LogP contribution in [0.4, 0.5) is 0 Å². The van der Waals surface area contributed by atoms with Crippen LogP contribution in [0.1, 0.15) is 12.8 Å². The van der Waals surface area contributed by atoms with Crippen molar-refractivity contribution in [3.8, 4) is 0 Å². The van der Waals surface area contributed by atoms with E-state index in [1.54, 1.807) is 0 Å². The third-order valence-electron chi connectivity index (χ3n) is 2.08. The lowest BCUT2D eigenvalue weighted by molar-refractivity contribution is -0.282. The zero-order chi connectivity index (χ0) is 11.7. The monoisotopic (exact) mass is 223 g/mol. The van der Waals surface area contributed by atoms with Crippen LogP contribution >= 0.6 is 0 Å². The highest BCUT2D eigenvalue weighted by atomic mass is 17.1. The molecule has 0 bridgehead atoms. The van der Waals surface area contributed by atoms with E-state index in [2.05, 4.69) is 9.78 Å². The highest BCUT2D eigenvalue weighted by molar-refractivity contribution is 5.67. The Morgan fingerprint density at radius 1 is 1.20 bits per heavy atom. The van der Waals surface area contributed by atoms with Crippen molar-refractivity contribution < 1.29 is 30.2 Å². The largest absolute Gasteiger partial charge is 0.481 e. The van der Waals surface area contributed by atoms with E-state index < -0.39 is 5.97 Å². The fourth-order valence-corrected chi connectivity index (χ4v) is 1.38. The molecule has 0 heterocycles. The number of hydrogen-bond donors (Lipinski definition) is 4. The van der Waals surface area contributed by atoms with Crippen molar-refractivity contribution in [3.63, 3.8) is 0 Å². The topological polar surface area (TPSA) is 122 Å². The number of nitrogens with two attached hydrogens (primary N) is 1. The van der Waals surface area contributed by atoms with Crippen molar-refractivity contribution in [2.75, 3.05) is 19.8 Å². The fourth-order valence-electron chi connectivity index (χ4n) is 1.38. The second-order valence-electron chi connectivity index (χ2n) is 3.39. The number of carboxylic acid groups (broad SMARTS) is 1. The van der Waals surface area contributed by atoms with Crippen molar-refractivity contribution in [2.24, 2.45) is 17.6 Å². The Labute approximate surface area is 87.3 Å². The molecule has 7 nitrogen and oxygen atoms in total. The number of aliphatic carboxylic acids is 1. The second kappa shape index (κ2) is 8.57. The van der Waals surface area contributed by atoms with Gasteiger partial charge in [0.25, 0.3) is 0 Å². The fraction of sp³-hybridized carbons (Fsp3) is 0.875. The van der Waals surface area contributed by atoms with Gasteiger partial charge in [0.05, 0.1) is 13.2 Å². The minimum atomic E-state index is -0.931. The molecule has 1 atom stereocenters. The SMILES string of the molecule is NCC(CC(=O)O)CC(COO)COO. The molecule has 1 unspecified atom stereocenters. The Bertz CT molecular complexity index is 171. The predicted octanol–water partition coefficient (Wildman–Crippen LogP) is 0.0215. The molecule has 0 rings (SSSR count). The van der Waals surface area contributed by atoms with Crippen LogP contribution in [0.15, 0.2) is 0 Å². The molecular formula is C8H17NO6. The van der Waals surface area contributed by atoms with Gasteiger partial charge in [-0.1, -0.05) is 0 Å². The number of hydrogen-bond acceptors (Lipinski definition) is 6. The summed E-state index contributed by atoms with van der Waals surface area (Å²) in [5.41, 5.74) is 5.39. The van der Waals surface area contributed by atoms with Crippen LogP contribution in [-0.2, 0) is 14.6 Å². The number of carbonyl (C=O) groups is 1. The van der Waals surface area contributed by atoms with Crippen LogP contribution in [0.3, 0.4) is 0 Å². The van der Waals surface area contributed by atoms with E-state index in [4.69, 9.17) is 21.4 Å². The lowest BCUT2D eigenvalue weighted by atomic mass is 9.93. The van der Waals surface area contributed by atoms with Gasteiger partial charge in [-0.15, -0.1) is 0 Å². The zero-order valence-electron chi connectivity index (χ0n) is 8.33. The highest BCUT2D eigenvalue weighted by Gasteiger charge is 2.18. The van der Waals surface area contributed by atoms with Crippen molar-refractivity contribution >= 4 is 5.97 Å². The summed E-state index contributed by atoms with van der Waals surface area (Å²) >= 11 is 0.